The highest BCUT2D eigenvalue weighted by molar-refractivity contribution is 8.00. The van der Waals surface area contributed by atoms with Gasteiger partial charge in [0.2, 0.25) is 5.88 Å². The predicted octanol–water partition coefficient (Wildman–Crippen LogP) is 2.47. The molecule has 3 nitrogen and oxygen atoms in total. The van der Waals surface area contributed by atoms with Crippen LogP contribution in [0.5, 0.6) is 5.88 Å². The van der Waals surface area contributed by atoms with E-state index in [-0.39, 0.29) is 0 Å². The molecular formula is C13H20N2OS. The predicted molar refractivity (Wildman–Crippen MR) is 72.6 cm³/mol. The highest BCUT2D eigenvalue weighted by Crippen LogP contribution is 2.42. The van der Waals surface area contributed by atoms with E-state index < -0.39 is 0 Å². The third kappa shape index (κ3) is 2.93. The maximum Gasteiger partial charge on any atom is 0.217 e. The lowest BCUT2D eigenvalue weighted by Crippen LogP contribution is -2.43. The smallest absolute Gasteiger partial charge is 0.217 e. The summed E-state index contributed by atoms with van der Waals surface area (Å²) in [5.74, 6) is 0.729. The van der Waals surface area contributed by atoms with Crippen LogP contribution in [0.4, 0.5) is 0 Å². The summed E-state index contributed by atoms with van der Waals surface area (Å²) in [7, 11) is 1.67. The summed E-state index contributed by atoms with van der Waals surface area (Å²) in [4.78, 5) is 4.20. The number of hydrogen-bond acceptors (Lipinski definition) is 4. The zero-order valence-electron chi connectivity index (χ0n) is 10.5. The van der Waals surface area contributed by atoms with Crippen molar-refractivity contribution < 1.29 is 4.74 Å². The van der Waals surface area contributed by atoms with Gasteiger partial charge in [-0.15, -0.1) is 0 Å². The number of aromatic nitrogens is 1. The first-order chi connectivity index (χ1) is 8.29. The van der Waals surface area contributed by atoms with Crippen LogP contribution < -0.4 is 10.1 Å². The topological polar surface area (TPSA) is 34.1 Å². The lowest BCUT2D eigenvalue weighted by atomic mass is 9.84. The fourth-order valence-electron chi connectivity index (χ4n) is 2.19. The molecule has 1 heterocycles. The number of hydrogen-bond donors (Lipinski definition) is 1. The molecule has 0 saturated heterocycles. The lowest BCUT2D eigenvalue weighted by Gasteiger charge is -2.40. The van der Waals surface area contributed by atoms with Crippen molar-refractivity contribution in [2.24, 2.45) is 0 Å². The van der Waals surface area contributed by atoms with Crippen molar-refractivity contribution in [2.75, 3.05) is 19.9 Å². The summed E-state index contributed by atoms with van der Waals surface area (Å²) in [5.41, 5.74) is 1.13. The van der Waals surface area contributed by atoms with Crippen LogP contribution in [-0.4, -0.2) is 29.6 Å². The number of ether oxygens (including phenoxy) is 1. The number of thioether (sulfide) groups is 1. The molecule has 0 spiro atoms. The van der Waals surface area contributed by atoms with Gasteiger partial charge in [-0.3, -0.25) is 0 Å². The van der Waals surface area contributed by atoms with Crippen LogP contribution in [0.25, 0.3) is 0 Å². The fourth-order valence-corrected chi connectivity index (χ4v) is 3.13. The molecule has 1 N–H and O–H groups in total. The summed E-state index contributed by atoms with van der Waals surface area (Å²) in [6.07, 6.45) is 8.03. The SMILES string of the molecule is COc1ncccc1CNCC1(SC)CCC1. The average molecular weight is 252 g/mol. The van der Waals surface area contributed by atoms with Crippen LogP contribution in [0.2, 0.25) is 0 Å². The van der Waals surface area contributed by atoms with E-state index in [4.69, 9.17) is 4.74 Å². The van der Waals surface area contributed by atoms with E-state index in [1.54, 1.807) is 13.3 Å². The Balaban J connectivity index is 1.85. The van der Waals surface area contributed by atoms with Gasteiger partial charge in [0.15, 0.2) is 0 Å². The highest BCUT2D eigenvalue weighted by Gasteiger charge is 2.35. The lowest BCUT2D eigenvalue weighted by molar-refractivity contribution is 0.342. The number of nitrogens with zero attached hydrogens (tertiary/aromatic N) is 1. The van der Waals surface area contributed by atoms with Gasteiger partial charge in [0.05, 0.1) is 7.11 Å². The standard InChI is InChI=1S/C13H20N2OS/c1-16-12-11(5-3-8-15-12)9-14-10-13(17-2)6-4-7-13/h3,5,8,14H,4,6-7,9-10H2,1-2H3. The first kappa shape index (κ1) is 12.7. The average Bonchev–Trinajstić information content (AvgIpc) is 2.33. The fraction of sp³-hybridized carbons (Fsp3) is 0.615. The van der Waals surface area contributed by atoms with Gasteiger partial charge in [-0.2, -0.15) is 11.8 Å². The van der Waals surface area contributed by atoms with Crippen molar-refractivity contribution in [3.8, 4) is 5.88 Å². The molecular weight excluding hydrogens is 232 g/mol. The van der Waals surface area contributed by atoms with Crippen molar-refractivity contribution in [1.29, 1.82) is 0 Å². The van der Waals surface area contributed by atoms with E-state index in [9.17, 15) is 0 Å². The molecule has 1 aromatic heterocycles. The molecule has 0 aliphatic heterocycles. The number of nitrogens with one attached hydrogen (secondary N) is 1. The molecule has 0 atom stereocenters. The molecule has 94 valence electrons. The van der Waals surface area contributed by atoms with E-state index in [1.807, 2.05) is 17.8 Å². The Bertz CT molecular complexity index is 361. The first-order valence-electron chi connectivity index (χ1n) is 6.03. The molecule has 1 fully saturated rings. The summed E-state index contributed by atoms with van der Waals surface area (Å²) in [6.45, 7) is 1.91. The van der Waals surface area contributed by atoms with Crippen LogP contribution in [0, 0.1) is 0 Å². The number of methoxy groups -OCH3 is 1. The van der Waals surface area contributed by atoms with E-state index in [0.717, 1.165) is 24.5 Å². The van der Waals surface area contributed by atoms with Crippen LogP contribution in [0.3, 0.4) is 0 Å². The van der Waals surface area contributed by atoms with Gasteiger partial charge >= 0.3 is 0 Å². The molecule has 2 rings (SSSR count). The van der Waals surface area contributed by atoms with Crippen LogP contribution in [-0.2, 0) is 6.54 Å². The number of rotatable bonds is 6. The van der Waals surface area contributed by atoms with Gasteiger partial charge in [-0.25, -0.2) is 4.98 Å². The van der Waals surface area contributed by atoms with E-state index in [1.165, 1.54) is 19.3 Å². The molecule has 1 aliphatic carbocycles. The highest BCUT2D eigenvalue weighted by atomic mass is 32.2. The molecule has 4 heteroatoms. The van der Waals surface area contributed by atoms with E-state index in [0.29, 0.717) is 4.75 Å². The van der Waals surface area contributed by atoms with Gasteiger partial charge in [0.25, 0.3) is 0 Å². The molecule has 0 amide bonds. The van der Waals surface area contributed by atoms with E-state index in [2.05, 4.69) is 22.6 Å². The minimum Gasteiger partial charge on any atom is -0.481 e. The van der Waals surface area contributed by atoms with Gasteiger partial charge in [-0.1, -0.05) is 12.5 Å². The van der Waals surface area contributed by atoms with Gasteiger partial charge in [-0.05, 0) is 25.2 Å². The second-order valence-corrected chi connectivity index (χ2v) is 5.79. The minimum absolute atomic E-state index is 0.482. The minimum atomic E-state index is 0.482. The van der Waals surface area contributed by atoms with Gasteiger partial charge in [0.1, 0.15) is 0 Å². The Morgan fingerprint density at radius 2 is 2.35 bits per heavy atom. The van der Waals surface area contributed by atoms with Crippen molar-refractivity contribution in [1.82, 2.24) is 10.3 Å². The Morgan fingerprint density at radius 1 is 1.53 bits per heavy atom. The molecule has 0 aromatic carbocycles. The maximum absolute atomic E-state index is 5.24. The van der Waals surface area contributed by atoms with Gasteiger partial charge in [0, 0.05) is 29.6 Å². The Labute approximate surface area is 107 Å². The molecule has 17 heavy (non-hydrogen) atoms. The summed E-state index contributed by atoms with van der Waals surface area (Å²) < 4.78 is 5.72. The van der Waals surface area contributed by atoms with Crippen molar-refractivity contribution in [3.05, 3.63) is 23.9 Å². The number of pyridine rings is 1. The van der Waals surface area contributed by atoms with E-state index >= 15 is 0 Å². The molecule has 1 saturated carbocycles. The van der Waals surface area contributed by atoms with Crippen LogP contribution in [0.15, 0.2) is 18.3 Å². The third-order valence-corrected chi connectivity index (χ3v) is 4.92. The Kier molecular flexibility index (Phi) is 4.29. The molecule has 0 bridgehead atoms. The second kappa shape index (κ2) is 5.74. The molecule has 1 aliphatic rings. The first-order valence-corrected chi connectivity index (χ1v) is 7.26. The zero-order chi connectivity index (χ0) is 12.1. The normalized spacial score (nSPS) is 17.5. The zero-order valence-corrected chi connectivity index (χ0v) is 11.3. The monoisotopic (exact) mass is 252 g/mol. The molecule has 0 radical (unpaired) electrons. The van der Waals surface area contributed by atoms with Crippen LogP contribution >= 0.6 is 11.8 Å². The maximum atomic E-state index is 5.24. The van der Waals surface area contributed by atoms with Crippen molar-refractivity contribution >= 4 is 11.8 Å². The van der Waals surface area contributed by atoms with Gasteiger partial charge < -0.3 is 10.1 Å². The summed E-state index contributed by atoms with van der Waals surface area (Å²) in [5, 5.41) is 3.53. The van der Waals surface area contributed by atoms with Crippen molar-refractivity contribution in [2.45, 2.75) is 30.6 Å². The molecule has 1 aromatic rings. The van der Waals surface area contributed by atoms with Crippen molar-refractivity contribution in [3.63, 3.8) is 0 Å². The molecule has 0 unspecified atom stereocenters. The largest absolute Gasteiger partial charge is 0.481 e. The summed E-state index contributed by atoms with van der Waals surface area (Å²) in [6, 6.07) is 4.01. The second-order valence-electron chi connectivity index (χ2n) is 4.52. The summed E-state index contributed by atoms with van der Waals surface area (Å²) >= 11 is 1.99. The third-order valence-electron chi connectivity index (χ3n) is 3.50. The Morgan fingerprint density at radius 3 is 2.94 bits per heavy atom. The quantitative estimate of drug-likeness (QED) is 0.843. The Hall–Kier alpha value is -0.740. The van der Waals surface area contributed by atoms with Crippen LogP contribution in [0.1, 0.15) is 24.8 Å².